The molecule has 21 heavy (non-hydrogen) atoms. The monoisotopic (exact) mass is 310 g/mol. The molecule has 112 valence electrons. The summed E-state index contributed by atoms with van der Waals surface area (Å²) in [6, 6.07) is 4.52. The molecule has 2 aromatic rings. The SMILES string of the molecule is O[C@@]1(c2cn[nH]n2)CCCN(Cc2cc(Cl)ccc2F)C1. The average molecular weight is 311 g/mol. The Labute approximate surface area is 126 Å². The lowest BCUT2D eigenvalue weighted by atomic mass is 9.90. The summed E-state index contributed by atoms with van der Waals surface area (Å²) in [5.41, 5.74) is 0.0194. The van der Waals surface area contributed by atoms with E-state index < -0.39 is 5.60 Å². The van der Waals surface area contributed by atoms with Crippen LogP contribution < -0.4 is 0 Å². The molecule has 1 aliphatic heterocycles. The van der Waals surface area contributed by atoms with Gasteiger partial charge in [-0.25, -0.2) is 4.39 Å². The minimum atomic E-state index is -1.04. The highest BCUT2D eigenvalue weighted by molar-refractivity contribution is 6.30. The molecular weight excluding hydrogens is 295 g/mol. The maximum atomic E-state index is 13.8. The van der Waals surface area contributed by atoms with Crippen molar-refractivity contribution in [1.82, 2.24) is 20.3 Å². The normalized spacial score (nSPS) is 23.4. The van der Waals surface area contributed by atoms with Crippen molar-refractivity contribution in [3.8, 4) is 0 Å². The Kier molecular flexibility index (Phi) is 3.93. The van der Waals surface area contributed by atoms with Crippen molar-refractivity contribution in [3.05, 3.63) is 46.5 Å². The van der Waals surface area contributed by atoms with Gasteiger partial charge in [-0.2, -0.15) is 15.4 Å². The van der Waals surface area contributed by atoms with E-state index in [1.165, 1.54) is 18.3 Å². The van der Waals surface area contributed by atoms with Crippen molar-refractivity contribution in [2.45, 2.75) is 25.0 Å². The summed E-state index contributed by atoms with van der Waals surface area (Å²) in [7, 11) is 0. The Bertz CT molecular complexity index is 621. The maximum Gasteiger partial charge on any atom is 0.127 e. The molecule has 0 unspecified atom stereocenters. The first-order chi connectivity index (χ1) is 10.1. The van der Waals surface area contributed by atoms with Gasteiger partial charge in [0.1, 0.15) is 17.1 Å². The molecular formula is C14H16ClFN4O. The second-order valence-corrected chi connectivity index (χ2v) is 5.87. The van der Waals surface area contributed by atoms with E-state index in [1.807, 2.05) is 4.90 Å². The maximum absolute atomic E-state index is 13.8. The predicted octanol–water partition coefficient (Wildman–Crippen LogP) is 2.08. The molecule has 1 saturated heterocycles. The van der Waals surface area contributed by atoms with E-state index >= 15 is 0 Å². The van der Waals surface area contributed by atoms with E-state index in [0.29, 0.717) is 35.8 Å². The van der Waals surface area contributed by atoms with E-state index in [0.717, 1.165) is 13.0 Å². The highest BCUT2D eigenvalue weighted by atomic mass is 35.5. The lowest BCUT2D eigenvalue weighted by Crippen LogP contribution is -2.46. The number of hydrogen-bond acceptors (Lipinski definition) is 4. The molecule has 0 bridgehead atoms. The van der Waals surface area contributed by atoms with Crippen molar-refractivity contribution in [2.24, 2.45) is 0 Å². The van der Waals surface area contributed by atoms with Crippen LogP contribution in [0.3, 0.4) is 0 Å². The summed E-state index contributed by atoms with van der Waals surface area (Å²) in [6.07, 6.45) is 2.96. The van der Waals surface area contributed by atoms with Crippen LogP contribution in [0, 0.1) is 5.82 Å². The van der Waals surface area contributed by atoms with Crippen LogP contribution in [0.25, 0.3) is 0 Å². The second kappa shape index (κ2) is 5.71. The van der Waals surface area contributed by atoms with Gasteiger partial charge in [0.25, 0.3) is 0 Å². The fourth-order valence-electron chi connectivity index (χ4n) is 2.80. The van der Waals surface area contributed by atoms with Crippen LogP contribution in [0.4, 0.5) is 4.39 Å². The van der Waals surface area contributed by atoms with Gasteiger partial charge in [-0.05, 0) is 37.6 Å². The summed E-state index contributed by atoms with van der Waals surface area (Å²) in [6.45, 7) is 1.60. The van der Waals surface area contributed by atoms with E-state index in [9.17, 15) is 9.50 Å². The van der Waals surface area contributed by atoms with E-state index in [2.05, 4.69) is 15.4 Å². The van der Waals surface area contributed by atoms with E-state index in [4.69, 9.17) is 11.6 Å². The largest absolute Gasteiger partial charge is 0.382 e. The van der Waals surface area contributed by atoms with Gasteiger partial charge in [0, 0.05) is 23.7 Å². The first-order valence-corrected chi connectivity index (χ1v) is 7.19. The Hall–Kier alpha value is -1.50. The number of hydrogen-bond donors (Lipinski definition) is 2. The molecule has 0 saturated carbocycles. The van der Waals surface area contributed by atoms with Gasteiger partial charge < -0.3 is 5.11 Å². The molecule has 1 aromatic carbocycles. The highest BCUT2D eigenvalue weighted by Crippen LogP contribution is 2.30. The molecule has 0 aliphatic carbocycles. The molecule has 1 atom stereocenters. The quantitative estimate of drug-likeness (QED) is 0.911. The standard InChI is InChI=1S/C14H16ClFN4O/c15-11-2-3-12(16)10(6-11)8-20-5-1-4-14(21,9-20)13-7-17-19-18-13/h2-3,6-7,21H,1,4-5,8-9H2,(H,17,18,19)/t14-/m0/s1. The molecule has 5 nitrogen and oxygen atoms in total. The second-order valence-electron chi connectivity index (χ2n) is 5.44. The molecule has 3 rings (SSSR count). The van der Waals surface area contributed by atoms with Crippen molar-refractivity contribution in [2.75, 3.05) is 13.1 Å². The smallest absolute Gasteiger partial charge is 0.127 e. The molecule has 0 spiro atoms. The minimum absolute atomic E-state index is 0.282. The third-order valence-corrected chi connectivity index (χ3v) is 4.08. The summed E-state index contributed by atoms with van der Waals surface area (Å²) in [5.74, 6) is -0.282. The van der Waals surface area contributed by atoms with Crippen LogP contribution in [-0.2, 0) is 12.1 Å². The number of rotatable bonds is 3. The predicted molar refractivity (Wildman–Crippen MR) is 76.2 cm³/mol. The zero-order valence-electron chi connectivity index (χ0n) is 11.4. The Balaban J connectivity index is 1.76. The summed E-state index contributed by atoms with van der Waals surface area (Å²) in [5, 5.41) is 21.5. The number of β-amino-alcohol motifs (C(OH)–C–C–N with tert-alkyl or cyclic N) is 1. The van der Waals surface area contributed by atoms with Gasteiger partial charge in [0.05, 0.1) is 6.20 Å². The number of H-pyrrole nitrogens is 1. The van der Waals surface area contributed by atoms with Crippen LogP contribution in [0.1, 0.15) is 24.1 Å². The van der Waals surface area contributed by atoms with Crippen LogP contribution in [-0.4, -0.2) is 38.5 Å². The molecule has 1 fully saturated rings. The van der Waals surface area contributed by atoms with Gasteiger partial charge in [0.2, 0.25) is 0 Å². The molecule has 0 radical (unpaired) electrons. The van der Waals surface area contributed by atoms with Gasteiger partial charge in [-0.3, -0.25) is 4.90 Å². The number of nitrogens with zero attached hydrogens (tertiary/aromatic N) is 3. The number of aromatic amines is 1. The zero-order valence-corrected chi connectivity index (χ0v) is 12.1. The molecule has 0 amide bonds. The Morgan fingerprint density at radius 2 is 2.33 bits per heavy atom. The molecule has 2 heterocycles. The van der Waals surface area contributed by atoms with Crippen LogP contribution in [0.15, 0.2) is 24.4 Å². The lowest BCUT2D eigenvalue weighted by molar-refractivity contribution is -0.0416. The fourth-order valence-corrected chi connectivity index (χ4v) is 2.99. The third-order valence-electron chi connectivity index (χ3n) is 3.84. The van der Waals surface area contributed by atoms with Crippen molar-refractivity contribution >= 4 is 11.6 Å². The lowest BCUT2D eigenvalue weighted by Gasteiger charge is -2.38. The number of benzene rings is 1. The number of likely N-dealkylation sites (tertiary alicyclic amines) is 1. The van der Waals surface area contributed by atoms with Gasteiger partial charge in [-0.15, -0.1) is 0 Å². The minimum Gasteiger partial charge on any atom is -0.382 e. The summed E-state index contributed by atoms with van der Waals surface area (Å²) in [4.78, 5) is 2.01. The van der Waals surface area contributed by atoms with E-state index in [-0.39, 0.29) is 5.82 Å². The topological polar surface area (TPSA) is 65.0 Å². The first-order valence-electron chi connectivity index (χ1n) is 6.82. The summed E-state index contributed by atoms with van der Waals surface area (Å²) < 4.78 is 13.8. The number of nitrogens with one attached hydrogen (secondary N) is 1. The van der Waals surface area contributed by atoms with E-state index in [1.54, 1.807) is 6.07 Å². The number of piperidine rings is 1. The molecule has 2 N–H and O–H groups in total. The van der Waals surface area contributed by atoms with Crippen molar-refractivity contribution < 1.29 is 9.50 Å². The third kappa shape index (κ3) is 3.07. The highest BCUT2D eigenvalue weighted by Gasteiger charge is 2.37. The van der Waals surface area contributed by atoms with Crippen molar-refractivity contribution in [3.63, 3.8) is 0 Å². The van der Waals surface area contributed by atoms with Gasteiger partial charge >= 0.3 is 0 Å². The van der Waals surface area contributed by atoms with Crippen LogP contribution in [0.5, 0.6) is 0 Å². The van der Waals surface area contributed by atoms with Crippen molar-refractivity contribution in [1.29, 1.82) is 0 Å². The molecule has 7 heteroatoms. The Morgan fingerprint density at radius 1 is 1.48 bits per heavy atom. The Morgan fingerprint density at radius 3 is 3.10 bits per heavy atom. The summed E-state index contributed by atoms with van der Waals surface area (Å²) >= 11 is 5.91. The fraction of sp³-hybridized carbons (Fsp3) is 0.429. The van der Waals surface area contributed by atoms with Crippen LogP contribution >= 0.6 is 11.6 Å². The zero-order chi connectivity index (χ0) is 14.9. The number of halogens is 2. The van der Waals surface area contributed by atoms with Gasteiger partial charge in [0.15, 0.2) is 0 Å². The van der Waals surface area contributed by atoms with Crippen LogP contribution in [0.2, 0.25) is 5.02 Å². The number of aromatic nitrogens is 3. The molecule has 1 aliphatic rings. The first kappa shape index (κ1) is 14.4. The van der Waals surface area contributed by atoms with Gasteiger partial charge in [-0.1, -0.05) is 11.6 Å². The number of aliphatic hydroxyl groups is 1. The average Bonchev–Trinajstić information content (AvgIpc) is 2.98. The molecule has 1 aromatic heterocycles.